The Labute approximate surface area is 149 Å². The maximum Gasteiger partial charge on any atom is 0.237 e. The van der Waals surface area contributed by atoms with E-state index in [0.29, 0.717) is 6.54 Å². The van der Waals surface area contributed by atoms with Gasteiger partial charge in [0.15, 0.2) is 0 Å². The van der Waals surface area contributed by atoms with Gasteiger partial charge in [-0.2, -0.15) is 0 Å². The molecule has 3 rings (SSSR count). The van der Waals surface area contributed by atoms with Crippen molar-refractivity contribution in [1.29, 1.82) is 0 Å². The van der Waals surface area contributed by atoms with Gasteiger partial charge >= 0.3 is 0 Å². The Hall–Kier alpha value is -2.33. The number of para-hydroxylation sites is 1. The molecule has 0 spiro atoms. The molecule has 0 fully saturated rings. The Morgan fingerprint density at radius 2 is 2.04 bits per heavy atom. The third-order valence-corrected chi connectivity index (χ3v) is 4.98. The summed E-state index contributed by atoms with van der Waals surface area (Å²) in [5.74, 6) is 0.860. The molecule has 1 aliphatic rings. The fourth-order valence-corrected chi connectivity index (χ4v) is 3.38. The Morgan fingerprint density at radius 1 is 1.24 bits per heavy atom. The van der Waals surface area contributed by atoms with Gasteiger partial charge < -0.3 is 10.1 Å². The Balaban J connectivity index is 1.60. The number of fused-ring (bicyclic) bond motifs is 1. The molecule has 4 heteroatoms. The van der Waals surface area contributed by atoms with Crippen molar-refractivity contribution >= 4 is 5.91 Å². The predicted molar refractivity (Wildman–Crippen MR) is 99.6 cm³/mol. The van der Waals surface area contributed by atoms with Gasteiger partial charge in [0.2, 0.25) is 5.91 Å². The number of methoxy groups -OCH3 is 1. The number of hydrogen-bond donors (Lipinski definition) is 1. The smallest absolute Gasteiger partial charge is 0.237 e. The van der Waals surface area contributed by atoms with Crippen molar-refractivity contribution in [2.24, 2.45) is 0 Å². The lowest BCUT2D eigenvalue weighted by molar-refractivity contribution is -0.126. The topological polar surface area (TPSA) is 41.6 Å². The molecule has 0 saturated heterocycles. The normalized spacial score (nSPS) is 15.3. The van der Waals surface area contributed by atoms with Crippen LogP contribution in [0.2, 0.25) is 0 Å². The summed E-state index contributed by atoms with van der Waals surface area (Å²) in [7, 11) is 1.65. The van der Waals surface area contributed by atoms with Crippen LogP contribution in [0.25, 0.3) is 0 Å². The minimum absolute atomic E-state index is 0.0569. The number of nitrogens with zero attached hydrogens (tertiary/aromatic N) is 1. The van der Waals surface area contributed by atoms with Crippen LogP contribution in [0.3, 0.4) is 0 Å². The third kappa shape index (κ3) is 4.02. The molecule has 1 heterocycles. The molecule has 2 aromatic rings. The number of carbonyl (C=O) groups is 1. The van der Waals surface area contributed by atoms with Crippen LogP contribution in [-0.4, -0.2) is 30.5 Å². The van der Waals surface area contributed by atoms with Crippen LogP contribution in [0, 0.1) is 6.92 Å². The van der Waals surface area contributed by atoms with Crippen molar-refractivity contribution in [3.8, 4) is 5.75 Å². The average Bonchev–Trinajstić information content (AvgIpc) is 2.65. The summed E-state index contributed by atoms with van der Waals surface area (Å²) in [4.78, 5) is 14.8. The van der Waals surface area contributed by atoms with Gasteiger partial charge in [0, 0.05) is 25.2 Å². The standard InChI is InChI=1S/C21H26N2O2/c1-15-8-9-19-14-23(11-10-17(19)12-15)16(2)21(24)22-13-18-6-4-5-7-20(18)25-3/h4-9,12,16H,10-11,13-14H2,1-3H3,(H,22,24)/t16-/m1/s1. The van der Waals surface area contributed by atoms with E-state index in [-0.39, 0.29) is 11.9 Å². The van der Waals surface area contributed by atoms with E-state index in [1.54, 1.807) is 7.11 Å². The Kier molecular flexibility index (Phi) is 5.39. The Bertz CT molecular complexity index is 757. The fourth-order valence-electron chi connectivity index (χ4n) is 3.38. The second-order valence-electron chi connectivity index (χ2n) is 6.70. The van der Waals surface area contributed by atoms with Gasteiger partial charge in [-0.05, 0) is 37.5 Å². The zero-order valence-corrected chi connectivity index (χ0v) is 15.2. The molecule has 0 bridgehead atoms. The zero-order chi connectivity index (χ0) is 17.8. The summed E-state index contributed by atoms with van der Waals surface area (Å²) in [6.45, 7) is 6.34. The first-order chi connectivity index (χ1) is 12.1. The summed E-state index contributed by atoms with van der Waals surface area (Å²) < 4.78 is 5.34. The molecule has 0 saturated carbocycles. The molecule has 1 N–H and O–H groups in total. The SMILES string of the molecule is COc1ccccc1CNC(=O)[C@@H](C)N1CCc2cc(C)ccc2C1. The number of carbonyl (C=O) groups excluding carboxylic acids is 1. The number of rotatable bonds is 5. The van der Waals surface area contributed by atoms with Gasteiger partial charge in [0.25, 0.3) is 0 Å². The molecular weight excluding hydrogens is 312 g/mol. The first-order valence-electron chi connectivity index (χ1n) is 8.80. The van der Waals surface area contributed by atoms with E-state index in [2.05, 4.69) is 35.3 Å². The van der Waals surface area contributed by atoms with E-state index in [1.807, 2.05) is 31.2 Å². The first-order valence-corrected chi connectivity index (χ1v) is 8.80. The van der Waals surface area contributed by atoms with E-state index in [0.717, 1.165) is 30.8 Å². The summed E-state index contributed by atoms with van der Waals surface area (Å²) in [6.07, 6.45) is 1.00. The monoisotopic (exact) mass is 338 g/mol. The van der Waals surface area contributed by atoms with Crippen LogP contribution in [0.4, 0.5) is 0 Å². The Morgan fingerprint density at radius 3 is 2.84 bits per heavy atom. The second-order valence-corrected chi connectivity index (χ2v) is 6.70. The summed E-state index contributed by atoms with van der Waals surface area (Å²) in [6, 6.07) is 14.2. The third-order valence-electron chi connectivity index (χ3n) is 4.98. The number of hydrogen-bond acceptors (Lipinski definition) is 3. The van der Waals surface area contributed by atoms with Crippen LogP contribution in [0.5, 0.6) is 5.75 Å². The lowest BCUT2D eigenvalue weighted by Crippen LogP contribution is -2.46. The van der Waals surface area contributed by atoms with Crippen LogP contribution in [-0.2, 0) is 24.3 Å². The minimum Gasteiger partial charge on any atom is -0.496 e. The van der Waals surface area contributed by atoms with Crippen LogP contribution in [0.1, 0.15) is 29.2 Å². The van der Waals surface area contributed by atoms with Gasteiger partial charge in [0.1, 0.15) is 5.75 Å². The highest BCUT2D eigenvalue weighted by Gasteiger charge is 2.25. The van der Waals surface area contributed by atoms with Gasteiger partial charge in [-0.15, -0.1) is 0 Å². The summed E-state index contributed by atoms with van der Waals surface area (Å²) in [5, 5.41) is 3.04. The number of nitrogens with one attached hydrogen (secondary N) is 1. The molecule has 1 atom stereocenters. The molecule has 25 heavy (non-hydrogen) atoms. The summed E-state index contributed by atoms with van der Waals surface area (Å²) >= 11 is 0. The second kappa shape index (κ2) is 7.70. The highest BCUT2D eigenvalue weighted by Crippen LogP contribution is 2.22. The maximum absolute atomic E-state index is 12.6. The van der Waals surface area contributed by atoms with Crippen LogP contribution >= 0.6 is 0 Å². The summed E-state index contributed by atoms with van der Waals surface area (Å²) in [5.41, 5.74) is 5.04. The molecule has 4 nitrogen and oxygen atoms in total. The minimum atomic E-state index is -0.149. The van der Waals surface area contributed by atoms with Crippen molar-refractivity contribution in [2.45, 2.75) is 39.4 Å². The fraction of sp³-hybridized carbons (Fsp3) is 0.381. The first kappa shape index (κ1) is 17.5. The molecule has 2 aromatic carbocycles. The van der Waals surface area contributed by atoms with E-state index < -0.39 is 0 Å². The van der Waals surface area contributed by atoms with Gasteiger partial charge in [-0.3, -0.25) is 9.69 Å². The van der Waals surface area contributed by atoms with Crippen LogP contribution in [0.15, 0.2) is 42.5 Å². The van der Waals surface area contributed by atoms with Crippen molar-refractivity contribution in [3.05, 3.63) is 64.7 Å². The quantitative estimate of drug-likeness (QED) is 0.911. The van der Waals surface area contributed by atoms with Crippen molar-refractivity contribution in [1.82, 2.24) is 10.2 Å². The van der Waals surface area contributed by atoms with Gasteiger partial charge in [-0.25, -0.2) is 0 Å². The van der Waals surface area contributed by atoms with E-state index in [1.165, 1.54) is 16.7 Å². The number of benzene rings is 2. The lowest BCUT2D eigenvalue weighted by atomic mass is 9.96. The zero-order valence-electron chi connectivity index (χ0n) is 15.2. The highest BCUT2D eigenvalue weighted by molar-refractivity contribution is 5.81. The van der Waals surface area contributed by atoms with E-state index >= 15 is 0 Å². The molecule has 0 radical (unpaired) electrons. The maximum atomic E-state index is 12.6. The average molecular weight is 338 g/mol. The number of aryl methyl sites for hydroxylation is 1. The lowest BCUT2D eigenvalue weighted by Gasteiger charge is -2.33. The van der Waals surface area contributed by atoms with Gasteiger partial charge in [-0.1, -0.05) is 42.0 Å². The molecule has 0 unspecified atom stereocenters. The van der Waals surface area contributed by atoms with Crippen molar-refractivity contribution in [2.75, 3.05) is 13.7 Å². The molecular formula is C21H26N2O2. The van der Waals surface area contributed by atoms with Crippen LogP contribution < -0.4 is 10.1 Å². The highest BCUT2D eigenvalue weighted by atomic mass is 16.5. The largest absolute Gasteiger partial charge is 0.496 e. The number of ether oxygens (including phenoxy) is 1. The molecule has 0 aromatic heterocycles. The van der Waals surface area contributed by atoms with Gasteiger partial charge in [0.05, 0.1) is 13.2 Å². The molecule has 132 valence electrons. The molecule has 0 aliphatic carbocycles. The molecule has 1 aliphatic heterocycles. The van der Waals surface area contributed by atoms with Crippen molar-refractivity contribution in [3.63, 3.8) is 0 Å². The van der Waals surface area contributed by atoms with Crippen molar-refractivity contribution < 1.29 is 9.53 Å². The number of amides is 1. The molecule has 1 amide bonds. The predicted octanol–water partition coefficient (Wildman–Crippen LogP) is 3.07. The van der Waals surface area contributed by atoms with E-state index in [9.17, 15) is 4.79 Å². The van der Waals surface area contributed by atoms with E-state index in [4.69, 9.17) is 4.74 Å².